The summed E-state index contributed by atoms with van der Waals surface area (Å²) in [7, 11) is -3.51. The first-order valence-electron chi connectivity index (χ1n) is 6.06. The molecule has 18 heavy (non-hydrogen) atoms. The minimum atomic E-state index is -3.51. The zero-order valence-electron chi connectivity index (χ0n) is 10.6. The molecule has 102 valence electrons. The van der Waals surface area contributed by atoms with Gasteiger partial charge in [0.25, 0.3) is 10.0 Å². The lowest BCUT2D eigenvalue weighted by Gasteiger charge is -2.29. The number of sulfonamides is 1. The fourth-order valence-electron chi connectivity index (χ4n) is 2.29. The van der Waals surface area contributed by atoms with Gasteiger partial charge in [-0.25, -0.2) is 8.42 Å². The highest BCUT2D eigenvalue weighted by molar-refractivity contribution is 7.89. The van der Waals surface area contributed by atoms with Crippen molar-refractivity contribution in [2.75, 3.05) is 13.1 Å². The summed E-state index contributed by atoms with van der Waals surface area (Å²) in [5.74, 6) is 0.549. The first-order chi connectivity index (χ1) is 8.46. The minimum absolute atomic E-state index is 0.0871. The molecule has 1 aliphatic heterocycles. The van der Waals surface area contributed by atoms with Crippen molar-refractivity contribution in [2.45, 2.75) is 37.6 Å². The Morgan fingerprint density at radius 2 is 2.28 bits per heavy atom. The van der Waals surface area contributed by atoms with E-state index in [4.69, 9.17) is 11.6 Å². The molecule has 0 aliphatic carbocycles. The Morgan fingerprint density at radius 3 is 2.89 bits per heavy atom. The molecule has 1 fully saturated rings. The van der Waals surface area contributed by atoms with Gasteiger partial charge >= 0.3 is 0 Å². The fourth-order valence-corrected chi connectivity index (χ4v) is 4.46. The molecule has 7 heteroatoms. The van der Waals surface area contributed by atoms with Crippen molar-refractivity contribution in [1.29, 1.82) is 0 Å². The van der Waals surface area contributed by atoms with Crippen molar-refractivity contribution >= 4 is 21.6 Å². The Bertz CT molecular complexity index is 526. The SMILES string of the molecule is Cc1[nH]nc(S(=O)(=O)N2CCCC(C)C2)c1CCl. The molecule has 1 aliphatic rings. The molecule has 1 unspecified atom stereocenters. The van der Waals surface area contributed by atoms with Gasteiger partial charge in [0.1, 0.15) is 0 Å². The molecular weight excluding hydrogens is 274 g/mol. The smallest absolute Gasteiger partial charge is 0.262 e. The summed E-state index contributed by atoms with van der Waals surface area (Å²) in [4.78, 5) is 0. The van der Waals surface area contributed by atoms with Gasteiger partial charge in [0.05, 0.1) is 5.88 Å². The second-order valence-electron chi connectivity index (χ2n) is 4.88. The van der Waals surface area contributed by atoms with Gasteiger partial charge in [-0.3, -0.25) is 5.10 Å². The summed E-state index contributed by atoms with van der Waals surface area (Å²) >= 11 is 5.81. The molecule has 0 amide bonds. The van der Waals surface area contributed by atoms with Gasteiger partial charge in [0.2, 0.25) is 0 Å². The number of halogens is 1. The Kier molecular flexibility index (Phi) is 3.99. The predicted molar refractivity (Wildman–Crippen MR) is 70.0 cm³/mol. The molecule has 1 N–H and O–H groups in total. The first-order valence-corrected chi connectivity index (χ1v) is 8.04. The monoisotopic (exact) mass is 291 g/mol. The number of aryl methyl sites for hydroxylation is 1. The number of nitrogens with one attached hydrogen (secondary N) is 1. The second-order valence-corrected chi connectivity index (χ2v) is 7.00. The summed E-state index contributed by atoms with van der Waals surface area (Å²) in [6.45, 7) is 4.98. The molecule has 1 saturated heterocycles. The lowest BCUT2D eigenvalue weighted by atomic mass is 10.0. The highest BCUT2D eigenvalue weighted by atomic mass is 35.5. The third-order valence-electron chi connectivity index (χ3n) is 3.37. The van der Waals surface area contributed by atoms with Crippen LogP contribution < -0.4 is 0 Å². The van der Waals surface area contributed by atoms with Crippen LogP contribution in [0.15, 0.2) is 5.03 Å². The number of aromatic nitrogens is 2. The Labute approximate surface area is 113 Å². The predicted octanol–water partition coefficient (Wildman–Crippen LogP) is 1.88. The van der Waals surface area contributed by atoms with Crippen LogP contribution in [0.2, 0.25) is 0 Å². The maximum Gasteiger partial charge on any atom is 0.262 e. The maximum atomic E-state index is 12.5. The van der Waals surface area contributed by atoms with Gasteiger partial charge in [0, 0.05) is 24.3 Å². The lowest BCUT2D eigenvalue weighted by Crippen LogP contribution is -2.39. The van der Waals surface area contributed by atoms with Gasteiger partial charge in [-0.15, -0.1) is 11.6 Å². The third-order valence-corrected chi connectivity index (χ3v) is 5.48. The number of hydrogen-bond acceptors (Lipinski definition) is 3. The third kappa shape index (κ3) is 2.41. The molecule has 0 saturated carbocycles. The zero-order valence-corrected chi connectivity index (χ0v) is 12.2. The summed E-state index contributed by atoms with van der Waals surface area (Å²) in [5.41, 5.74) is 1.29. The van der Waals surface area contributed by atoms with Crippen molar-refractivity contribution in [3.05, 3.63) is 11.3 Å². The van der Waals surface area contributed by atoms with Crippen LogP contribution in [0.1, 0.15) is 31.0 Å². The molecule has 2 rings (SSSR count). The normalized spacial score (nSPS) is 22.3. The Balaban J connectivity index is 2.35. The van der Waals surface area contributed by atoms with E-state index in [1.54, 1.807) is 6.92 Å². The van der Waals surface area contributed by atoms with Crippen LogP contribution in [0.3, 0.4) is 0 Å². The van der Waals surface area contributed by atoms with Gasteiger partial charge in [-0.1, -0.05) is 6.92 Å². The average molecular weight is 292 g/mol. The van der Waals surface area contributed by atoms with Crippen LogP contribution in [-0.2, 0) is 15.9 Å². The van der Waals surface area contributed by atoms with E-state index in [1.807, 2.05) is 0 Å². The molecule has 1 atom stereocenters. The summed E-state index contributed by atoms with van der Waals surface area (Å²) in [6, 6.07) is 0. The van der Waals surface area contributed by atoms with Crippen LogP contribution >= 0.6 is 11.6 Å². The Hall–Kier alpha value is -0.590. The number of nitrogens with zero attached hydrogens (tertiary/aromatic N) is 2. The molecule has 0 aromatic carbocycles. The van der Waals surface area contributed by atoms with E-state index < -0.39 is 10.0 Å². The van der Waals surface area contributed by atoms with E-state index in [1.165, 1.54) is 4.31 Å². The zero-order chi connectivity index (χ0) is 13.3. The number of H-pyrrole nitrogens is 1. The molecule has 1 aromatic heterocycles. The number of rotatable bonds is 3. The quantitative estimate of drug-likeness (QED) is 0.865. The summed E-state index contributed by atoms with van der Waals surface area (Å²) < 4.78 is 26.5. The average Bonchev–Trinajstić information content (AvgIpc) is 2.71. The van der Waals surface area contributed by atoms with E-state index in [-0.39, 0.29) is 10.9 Å². The number of alkyl halides is 1. The number of hydrogen-bond donors (Lipinski definition) is 1. The Morgan fingerprint density at radius 1 is 1.56 bits per heavy atom. The van der Waals surface area contributed by atoms with Crippen molar-refractivity contribution < 1.29 is 8.42 Å². The van der Waals surface area contributed by atoms with Crippen LogP contribution in [0.25, 0.3) is 0 Å². The summed E-state index contributed by atoms with van der Waals surface area (Å²) in [5, 5.41) is 6.71. The van der Waals surface area contributed by atoms with Crippen molar-refractivity contribution in [1.82, 2.24) is 14.5 Å². The number of piperidine rings is 1. The van der Waals surface area contributed by atoms with Crippen molar-refractivity contribution in [3.63, 3.8) is 0 Å². The minimum Gasteiger partial charge on any atom is -0.281 e. The van der Waals surface area contributed by atoms with E-state index in [0.29, 0.717) is 30.3 Å². The largest absolute Gasteiger partial charge is 0.281 e. The molecule has 2 heterocycles. The molecule has 5 nitrogen and oxygen atoms in total. The van der Waals surface area contributed by atoms with Gasteiger partial charge in [-0.2, -0.15) is 9.40 Å². The van der Waals surface area contributed by atoms with Crippen LogP contribution in [-0.4, -0.2) is 36.0 Å². The van der Waals surface area contributed by atoms with E-state index in [0.717, 1.165) is 12.8 Å². The van der Waals surface area contributed by atoms with Gasteiger partial charge < -0.3 is 0 Å². The number of aromatic amines is 1. The topological polar surface area (TPSA) is 66.1 Å². The van der Waals surface area contributed by atoms with E-state index in [2.05, 4.69) is 17.1 Å². The highest BCUT2D eigenvalue weighted by Gasteiger charge is 2.32. The molecule has 0 bridgehead atoms. The second kappa shape index (κ2) is 5.19. The van der Waals surface area contributed by atoms with Crippen LogP contribution in [0, 0.1) is 12.8 Å². The van der Waals surface area contributed by atoms with Crippen molar-refractivity contribution in [2.24, 2.45) is 5.92 Å². The molecular formula is C11H18ClN3O2S. The highest BCUT2D eigenvalue weighted by Crippen LogP contribution is 2.26. The van der Waals surface area contributed by atoms with Gasteiger partial charge in [0.15, 0.2) is 5.03 Å². The van der Waals surface area contributed by atoms with E-state index in [9.17, 15) is 8.42 Å². The van der Waals surface area contributed by atoms with Crippen LogP contribution in [0.5, 0.6) is 0 Å². The molecule has 0 spiro atoms. The van der Waals surface area contributed by atoms with E-state index >= 15 is 0 Å². The van der Waals surface area contributed by atoms with Crippen LogP contribution in [0.4, 0.5) is 0 Å². The maximum absolute atomic E-state index is 12.5. The summed E-state index contributed by atoms with van der Waals surface area (Å²) in [6.07, 6.45) is 1.98. The lowest BCUT2D eigenvalue weighted by molar-refractivity contribution is 0.280. The fraction of sp³-hybridized carbons (Fsp3) is 0.727. The molecule has 0 radical (unpaired) electrons. The standard InChI is InChI=1S/C11H18ClN3O2S/c1-8-4-3-5-15(7-8)18(16,17)11-10(6-12)9(2)13-14-11/h8H,3-7H2,1-2H3,(H,13,14). The first kappa shape index (κ1) is 13.8. The van der Waals surface area contributed by atoms with Gasteiger partial charge in [-0.05, 0) is 25.7 Å². The van der Waals surface area contributed by atoms with Crippen molar-refractivity contribution in [3.8, 4) is 0 Å². The molecule has 1 aromatic rings.